The van der Waals surface area contributed by atoms with E-state index in [1.807, 2.05) is 12.3 Å². The van der Waals surface area contributed by atoms with Gasteiger partial charge in [-0.2, -0.15) is 0 Å². The van der Waals surface area contributed by atoms with E-state index in [0.717, 1.165) is 16.4 Å². The number of nitrogens with zero attached hydrogens (tertiary/aromatic N) is 3. The lowest BCUT2D eigenvalue weighted by molar-refractivity contribution is 0.181. The molecular formula is C10H9BrClN3OS. The predicted molar refractivity (Wildman–Crippen MR) is 71.3 cm³/mol. The van der Waals surface area contributed by atoms with Crippen molar-refractivity contribution in [1.82, 2.24) is 15.0 Å². The molecule has 90 valence electrons. The van der Waals surface area contributed by atoms with Crippen LogP contribution in [0.2, 0.25) is 5.15 Å². The normalized spacial score (nSPS) is 10.8. The van der Waals surface area contributed by atoms with Crippen molar-refractivity contribution >= 4 is 38.9 Å². The zero-order valence-corrected chi connectivity index (χ0v) is 12.4. The van der Waals surface area contributed by atoms with Crippen LogP contribution in [0.5, 0.6) is 0 Å². The topological polar surface area (TPSA) is 47.9 Å². The summed E-state index contributed by atoms with van der Waals surface area (Å²) >= 11 is 10.9. The summed E-state index contributed by atoms with van der Waals surface area (Å²) in [5.74, 6) is 0.531. The Balaban J connectivity index is 2.48. The van der Waals surface area contributed by atoms with Crippen LogP contribution in [-0.2, 0) is 11.3 Å². The maximum Gasteiger partial charge on any atom is 0.190 e. The first kappa shape index (κ1) is 12.9. The van der Waals surface area contributed by atoms with Gasteiger partial charge in [0.15, 0.2) is 10.8 Å². The summed E-state index contributed by atoms with van der Waals surface area (Å²) in [6, 6.07) is 0. The number of halogens is 2. The third kappa shape index (κ3) is 2.82. The van der Waals surface area contributed by atoms with Crippen LogP contribution in [0, 0.1) is 6.92 Å². The Hall–Kier alpha value is -0.560. The number of thiazole rings is 1. The number of ether oxygens (including phenoxy) is 1. The fourth-order valence-corrected chi connectivity index (χ4v) is 2.46. The number of hydrogen-bond acceptors (Lipinski definition) is 5. The van der Waals surface area contributed by atoms with Crippen LogP contribution in [0.4, 0.5) is 0 Å². The Kier molecular flexibility index (Phi) is 4.09. The van der Waals surface area contributed by atoms with E-state index in [1.165, 1.54) is 11.3 Å². The highest BCUT2D eigenvalue weighted by atomic mass is 79.9. The second kappa shape index (κ2) is 5.39. The highest BCUT2D eigenvalue weighted by molar-refractivity contribution is 9.10. The van der Waals surface area contributed by atoms with Crippen LogP contribution < -0.4 is 0 Å². The van der Waals surface area contributed by atoms with E-state index in [0.29, 0.717) is 22.1 Å². The monoisotopic (exact) mass is 333 g/mol. The second-order valence-electron chi connectivity index (χ2n) is 3.33. The fourth-order valence-electron chi connectivity index (χ4n) is 1.25. The van der Waals surface area contributed by atoms with Gasteiger partial charge in [-0.05, 0) is 22.9 Å². The minimum absolute atomic E-state index is 0.370. The second-order valence-corrected chi connectivity index (χ2v) is 5.33. The van der Waals surface area contributed by atoms with Crippen molar-refractivity contribution in [3.63, 3.8) is 0 Å². The maximum atomic E-state index is 6.03. The third-order valence-electron chi connectivity index (χ3n) is 1.97. The molecule has 2 rings (SSSR count). The summed E-state index contributed by atoms with van der Waals surface area (Å²) in [6.07, 6.45) is 0. The van der Waals surface area contributed by atoms with Gasteiger partial charge in [-0.1, -0.05) is 11.6 Å². The summed E-state index contributed by atoms with van der Waals surface area (Å²) in [7, 11) is 1.61. The van der Waals surface area contributed by atoms with Crippen molar-refractivity contribution in [1.29, 1.82) is 0 Å². The summed E-state index contributed by atoms with van der Waals surface area (Å²) in [5.41, 5.74) is 1.66. The fraction of sp³-hybridized carbons (Fsp3) is 0.300. The summed E-state index contributed by atoms with van der Waals surface area (Å²) in [5, 5.41) is 3.08. The standard InChI is InChI=1S/C10H9BrClN3OS/c1-5-4-17-10(13-5)9-14-6(3-16-2)7(11)8(12)15-9/h4H,3H2,1-2H3. The lowest BCUT2D eigenvalue weighted by atomic mass is 10.4. The molecule has 0 amide bonds. The number of hydrogen-bond donors (Lipinski definition) is 0. The van der Waals surface area contributed by atoms with Crippen LogP contribution >= 0.6 is 38.9 Å². The van der Waals surface area contributed by atoms with Crippen molar-refractivity contribution in [3.8, 4) is 10.8 Å². The smallest absolute Gasteiger partial charge is 0.190 e. The first-order valence-corrected chi connectivity index (χ1v) is 6.80. The van der Waals surface area contributed by atoms with E-state index in [4.69, 9.17) is 16.3 Å². The molecule has 0 radical (unpaired) electrons. The lowest BCUT2D eigenvalue weighted by Crippen LogP contribution is -1.99. The molecule has 0 aromatic carbocycles. The molecule has 0 aliphatic carbocycles. The maximum absolute atomic E-state index is 6.03. The van der Waals surface area contributed by atoms with Gasteiger partial charge in [0.2, 0.25) is 0 Å². The number of methoxy groups -OCH3 is 1. The molecule has 0 unspecified atom stereocenters. The highest BCUT2D eigenvalue weighted by Crippen LogP contribution is 2.28. The zero-order chi connectivity index (χ0) is 12.4. The van der Waals surface area contributed by atoms with Crippen molar-refractivity contribution < 1.29 is 4.74 Å². The van der Waals surface area contributed by atoms with Crippen molar-refractivity contribution in [2.45, 2.75) is 13.5 Å². The van der Waals surface area contributed by atoms with E-state index in [-0.39, 0.29) is 0 Å². The molecule has 0 aliphatic heterocycles. The molecular weight excluding hydrogens is 326 g/mol. The average molecular weight is 335 g/mol. The van der Waals surface area contributed by atoms with Crippen LogP contribution in [0.1, 0.15) is 11.4 Å². The Morgan fingerprint density at radius 3 is 2.76 bits per heavy atom. The van der Waals surface area contributed by atoms with Gasteiger partial charge < -0.3 is 4.74 Å². The van der Waals surface area contributed by atoms with Crippen molar-refractivity contribution in [2.24, 2.45) is 0 Å². The van der Waals surface area contributed by atoms with E-state index in [9.17, 15) is 0 Å². The SMILES string of the molecule is COCc1nc(-c2nc(C)cs2)nc(Cl)c1Br. The lowest BCUT2D eigenvalue weighted by Gasteiger charge is -2.05. The minimum Gasteiger partial charge on any atom is -0.378 e. The molecule has 0 saturated heterocycles. The van der Waals surface area contributed by atoms with Gasteiger partial charge in [0.05, 0.1) is 16.8 Å². The molecule has 2 aromatic rings. The average Bonchev–Trinajstić information content (AvgIpc) is 2.71. The molecule has 0 atom stereocenters. The Morgan fingerprint density at radius 2 is 2.18 bits per heavy atom. The van der Waals surface area contributed by atoms with Crippen LogP contribution in [-0.4, -0.2) is 22.1 Å². The molecule has 0 aliphatic rings. The Morgan fingerprint density at radius 1 is 1.41 bits per heavy atom. The molecule has 0 bridgehead atoms. The molecule has 4 nitrogen and oxygen atoms in total. The van der Waals surface area contributed by atoms with Gasteiger partial charge in [0.1, 0.15) is 5.15 Å². The summed E-state index contributed by atoms with van der Waals surface area (Å²) in [4.78, 5) is 12.9. The van der Waals surface area contributed by atoms with E-state index < -0.39 is 0 Å². The predicted octanol–water partition coefficient (Wildman–Crippen LogP) is 3.47. The number of rotatable bonds is 3. The summed E-state index contributed by atoms with van der Waals surface area (Å²) in [6.45, 7) is 2.30. The Labute approximate surface area is 116 Å². The van der Waals surface area contributed by atoms with Gasteiger partial charge in [-0.25, -0.2) is 15.0 Å². The number of aryl methyl sites for hydroxylation is 1. The van der Waals surface area contributed by atoms with E-state index in [2.05, 4.69) is 30.9 Å². The molecule has 7 heteroatoms. The van der Waals surface area contributed by atoms with E-state index in [1.54, 1.807) is 7.11 Å². The minimum atomic E-state index is 0.370. The van der Waals surface area contributed by atoms with Crippen LogP contribution in [0.3, 0.4) is 0 Å². The zero-order valence-electron chi connectivity index (χ0n) is 9.20. The molecule has 2 heterocycles. The highest BCUT2D eigenvalue weighted by Gasteiger charge is 2.13. The van der Waals surface area contributed by atoms with Gasteiger partial charge in [-0.3, -0.25) is 0 Å². The summed E-state index contributed by atoms with van der Waals surface area (Å²) < 4.78 is 5.73. The van der Waals surface area contributed by atoms with Gasteiger partial charge in [0.25, 0.3) is 0 Å². The number of aromatic nitrogens is 3. The van der Waals surface area contributed by atoms with Gasteiger partial charge in [-0.15, -0.1) is 11.3 Å². The van der Waals surface area contributed by atoms with Crippen molar-refractivity contribution in [2.75, 3.05) is 7.11 Å². The van der Waals surface area contributed by atoms with Crippen LogP contribution in [0.15, 0.2) is 9.85 Å². The van der Waals surface area contributed by atoms with Crippen LogP contribution in [0.25, 0.3) is 10.8 Å². The molecule has 2 aromatic heterocycles. The van der Waals surface area contributed by atoms with Gasteiger partial charge >= 0.3 is 0 Å². The first-order chi connectivity index (χ1) is 8.11. The first-order valence-electron chi connectivity index (χ1n) is 4.75. The third-order valence-corrected chi connectivity index (χ3v) is 4.26. The van der Waals surface area contributed by atoms with Gasteiger partial charge in [0, 0.05) is 18.2 Å². The molecule has 17 heavy (non-hydrogen) atoms. The van der Waals surface area contributed by atoms with Crippen molar-refractivity contribution in [3.05, 3.63) is 26.4 Å². The largest absolute Gasteiger partial charge is 0.378 e. The van der Waals surface area contributed by atoms with E-state index >= 15 is 0 Å². The quantitative estimate of drug-likeness (QED) is 0.806. The molecule has 0 saturated carbocycles. The molecule has 0 N–H and O–H groups in total. The Bertz CT molecular complexity index is 546. The molecule has 0 spiro atoms. The molecule has 0 fully saturated rings.